The van der Waals surface area contributed by atoms with Crippen molar-refractivity contribution in [3.05, 3.63) is 71.3 Å². The molecule has 0 heterocycles. The highest BCUT2D eigenvalue weighted by molar-refractivity contribution is 5.35. The fourth-order valence-corrected chi connectivity index (χ4v) is 3.27. The predicted molar refractivity (Wildman–Crippen MR) is 83.2 cm³/mol. The van der Waals surface area contributed by atoms with Gasteiger partial charge in [0.1, 0.15) is 0 Å². The lowest BCUT2D eigenvalue weighted by atomic mass is 9.94. The monoisotopic (exact) mass is 266 g/mol. The molecule has 0 spiro atoms. The van der Waals surface area contributed by atoms with Crippen molar-refractivity contribution in [1.29, 1.82) is 0 Å². The molecule has 2 aromatic rings. The molecule has 104 valence electrons. The van der Waals surface area contributed by atoms with Gasteiger partial charge in [0.25, 0.3) is 0 Å². The van der Waals surface area contributed by atoms with E-state index in [2.05, 4.69) is 66.9 Å². The van der Waals surface area contributed by atoms with Crippen LogP contribution < -0.4 is 11.3 Å². The molecule has 3 atom stereocenters. The average molecular weight is 266 g/mol. The van der Waals surface area contributed by atoms with Crippen LogP contribution in [0.15, 0.2) is 54.6 Å². The maximum Gasteiger partial charge on any atom is 0.0496 e. The quantitative estimate of drug-likeness (QED) is 0.641. The van der Waals surface area contributed by atoms with Crippen molar-refractivity contribution in [2.24, 2.45) is 11.8 Å². The Labute approximate surface area is 121 Å². The fraction of sp³-hybridized carbons (Fsp3) is 0.333. The lowest BCUT2D eigenvalue weighted by Crippen LogP contribution is -2.30. The van der Waals surface area contributed by atoms with Gasteiger partial charge in [0.15, 0.2) is 0 Å². The molecule has 1 saturated carbocycles. The topological polar surface area (TPSA) is 38.0 Å². The lowest BCUT2D eigenvalue weighted by Gasteiger charge is -2.19. The van der Waals surface area contributed by atoms with Crippen molar-refractivity contribution in [2.45, 2.75) is 31.7 Å². The summed E-state index contributed by atoms with van der Waals surface area (Å²) in [6, 6.07) is 19.7. The van der Waals surface area contributed by atoms with Crippen LogP contribution in [0.2, 0.25) is 0 Å². The number of hydrogen-bond donors (Lipinski definition) is 2. The molecule has 3 N–H and O–H groups in total. The van der Waals surface area contributed by atoms with Crippen molar-refractivity contribution in [1.82, 2.24) is 5.43 Å². The van der Waals surface area contributed by atoms with Gasteiger partial charge in [-0.2, -0.15) is 0 Å². The highest BCUT2D eigenvalue weighted by Gasteiger charge is 2.44. The molecular formula is C18H22N2. The van der Waals surface area contributed by atoms with E-state index in [1.54, 1.807) is 0 Å². The number of nitrogens with one attached hydrogen (secondary N) is 1. The van der Waals surface area contributed by atoms with Crippen LogP contribution in [0.3, 0.4) is 0 Å². The van der Waals surface area contributed by atoms with Gasteiger partial charge in [-0.1, -0.05) is 61.5 Å². The van der Waals surface area contributed by atoms with E-state index in [-0.39, 0.29) is 6.04 Å². The highest BCUT2D eigenvalue weighted by atomic mass is 15.2. The van der Waals surface area contributed by atoms with E-state index in [9.17, 15) is 0 Å². The molecule has 1 aliphatic rings. The summed E-state index contributed by atoms with van der Waals surface area (Å²) in [4.78, 5) is 0. The number of hydrogen-bond acceptors (Lipinski definition) is 2. The SMILES string of the molecule is CCc1ccccc1C(NN)C1CC1c1ccccc1. The van der Waals surface area contributed by atoms with Crippen molar-refractivity contribution < 1.29 is 0 Å². The molecule has 2 aromatic carbocycles. The summed E-state index contributed by atoms with van der Waals surface area (Å²) in [6.45, 7) is 2.20. The average Bonchev–Trinajstić information content (AvgIpc) is 3.30. The number of nitrogens with two attached hydrogens (primary N) is 1. The fourth-order valence-electron chi connectivity index (χ4n) is 3.27. The molecule has 2 heteroatoms. The largest absolute Gasteiger partial charge is 0.271 e. The van der Waals surface area contributed by atoms with Crippen LogP contribution >= 0.6 is 0 Å². The molecule has 0 aliphatic heterocycles. The van der Waals surface area contributed by atoms with Gasteiger partial charge in [-0.05, 0) is 41.4 Å². The highest BCUT2D eigenvalue weighted by Crippen LogP contribution is 2.54. The molecule has 1 aliphatic carbocycles. The van der Waals surface area contributed by atoms with Gasteiger partial charge >= 0.3 is 0 Å². The Hall–Kier alpha value is -1.64. The van der Waals surface area contributed by atoms with E-state index in [1.165, 1.54) is 23.1 Å². The van der Waals surface area contributed by atoms with Crippen LogP contribution in [0, 0.1) is 5.92 Å². The number of hydrazine groups is 1. The molecular weight excluding hydrogens is 244 g/mol. The van der Waals surface area contributed by atoms with Crippen molar-refractivity contribution in [3.8, 4) is 0 Å². The van der Waals surface area contributed by atoms with Crippen LogP contribution in [0.25, 0.3) is 0 Å². The molecule has 0 radical (unpaired) electrons. The summed E-state index contributed by atoms with van der Waals surface area (Å²) < 4.78 is 0. The Morgan fingerprint density at radius 1 is 1.10 bits per heavy atom. The molecule has 0 saturated heterocycles. The predicted octanol–water partition coefficient (Wildman–Crippen LogP) is 3.56. The van der Waals surface area contributed by atoms with E-state index in [0.29, 0.717) is 11.8 Å². The normalized spacial score (nSPS) is 22.5. The van der Waals surface area contributed by atoms with Gasteiger partial charge in [0.05, 0.1) is 0 Å². The Balaban J connectivity index is 1.82. The van der Waals surface area contributed by atoms with Crippen molar-refractivity contribution >= 4 is 0 Å². The first-order chi connectivity index (χ1) is 9.85. The van der Waals surface area contributed by atoms with Crippen molar-refractivity contribution in [2.75, 3.05) is 0 Å². The Bertz CT molecular complexity index is 565. The molecule has 2 nitrogen and oxygen atoms in total. The van der Waals surface area contributed by atoms with E-state index >= 15 is 0 Å². The van der Waals surface area contributed by atoms with Gasteiger partial charge in [-0.3, -0.25) is 11.3 Å². The summed E-state index contributed by atoms with van der Waals surface area (Å²) >= 11 is 0. The van der Waals surface area contributed by atoms with Gasteiger partial charge in [0, 0.05) is 6.04 Å². The Kier molecular flexibility index (Phi) is 3.86. The van der Waals surface area contributed by atoms with E-state index < -0.39 is 0 Å². The minimum absolute atomic E-state index is 0.261. The zero-order valence-electron chi connectivity index (χ0n) is 11.9. The molecule has 0 aromatic heterocycles. The smallest absolute Gasteiger partial charge is 0.0496 e. The third-order valence-electron chi connectivity index (χ3n) is 4.45. The van der Waals surface area contributed by atoms with Gasteiger partial charge in [-0.25, -0.2) is 0 Å². The van der Waals surface area contributed by atoms with Gasteiger partial charge < -0.3 is 0 Å². The molecule has 0 bridgehead atoms. The van der Waals surface area contributed by atoms with Gasteiger partial charge in [0.2, 0.25) is 0 Å². The van der Waals surface area contributed by atoms with E-state index in [4.69, 9.17) is 5.84 Å². The van der Waals surface area contributed by atoms with E-state index in [0.717, 1.165) is 6.42 Å². The van der Waals surface area contributed by atoms with E-state index in [1.807, 2.05) is 0 Å². The number of benzene rings is 2. The number of rotatable bonds is 5. The number of aryl methyl sites for hydroxylation is 1. The second-order valence-electron chi connectivity index (χ2n) is 5.61. The summed E-state index contributed by atoms with van der Waals surface area (Å²) in [7, 11) is 0. The summed E-state index contributed by atoms with van der Waals surface area (Å²) in [6.07, 6.45) is 2.27. The minimum Gasteiger partial charge on any atom is -0.271 e. The zero-order valence-corrected chi connectivity index (χ0v) is 11.9. The second kappa shape index (κ2) is 5.78. The van der Waals surface area contributed by atoms with Crippen molar-refractivity contribution in [3.63, 3.8) is 0 Å². The summed E-state index contributed by atoms with van der Waals surface area (Å²) in [5.74, 6) is 7.11. The second-order valence-corrected chi connectivity index (χ2v) is 5.61. The van der Waals surface area contributed by atoms with Crippen LogP contribution in [-0.2, 0) is 6.42 Å². The lowest BCUT2D eigenvalue weighted by molar-refractivity contribution is 0.484. The van der Waals surface area contributed by atoms with Crippen LogP contribution in [0.4, 0.5) is 0 Å². The summed E-state index contributed by atoms with van der Waals surface area (Å²) in [5, 5.41) is 0. The van der Waals surface area contributed by atoms with Crippen LogP contribution in [0.1, 0.15) is 42.0 Å². The third-order valence-corrected chi connectivity index (χ3v) is 4.45. The molecule has 3 unspecified atom stereocenters. The molecule has 0 amide bonds. The maximum absolute atomic E-state index is 5.86. The van der Waals surface area contributed by atoms with Gasteiger partial charge in [-0.15, -0.1) is 0 Å². The van der Waals surface area contributed by atoms with Crippen LogP contribution in [-0.4, -0.2) is 0 Å². The first-order valence-electron chi connectivity index (χ1n) is 7.44. The minimum atomic E-state index is 0.261. The maximum atomic E-state index is 5.86. The first-order valence-corrected chi connectivity index (χ1v) is 7.44. The third kappa shape index (κ3) is 2.49. The standard InChI is InChI=1S/C18H22N2/c1-2-13-8-6-7-11-15(13)18(20-19)17-12-16(17)14-9-4-3-5-10-14/h3-11,16-18,20H,2,12,19H2,1H3. The Morgan fingerprint density at radius 3 is 2.50 bits per heavy atom. The van der Waals surface area contributed by atoms with Crippen LogP contribution in [0.5, 0.6) is 0 Å². The molecule has 3 rings (SSSR count). The zero-order chi connectivity index (χ0) is 13.9. The molecule has 1 fully saturated rings. The molecule has 20 heavy (non-hydrogen) atoms. The first kappa shape index (κ1) is 13.3. The Morgan fingerprint density at radius 2 is 1.80 bits per heavy atom. The summed E-state index contributed by atoms with van der Waals surface area (Å²) in [5.41, 5.74) is 7.25.